The van der Waals surface area contributed by atoms with E-state index in [1.54, 1.807) is 31.0 Å². The Labute approximate surface area is 166 Å². The molecule has 2 aromatic heterocycles. The summed E-state index contributed by atoms with van der Waals surface area (Å²) in [5, 5.41) is 4.55. The third kappa shape index (κ3) is 3.88. The summed E-state index contributed by atoms with van der Waals surface area (Å²) in [5.41, 5.74) is 0.865. The molecular weight excluding hydrogens is 379 g/mol. The molecule has 0 atom stereocenters. The third-order valence-corrected chi connectivity index (χ3v) is 4.98. The minimum absolute atomic E-state index is 0.212. The summed E-state index contributed by atoms with van der Waals surface area (Å²) >= 11 is 0. The fourth-order valence-corrected chi connectivity index (χ4v) is 3.41. The van der Waals surface area contributed by atoms with E-state index in [9.17, 15) is 9.18 Å². The first kappa shape index (κ1) is 19.2. The number of H-pyrrole nitrogens is 1. The van der Waals surface area contributed by atoms with Crippen molar-refractivity contribution in [2.45, 2.75) is 0 Å². The first-order chi connectivity index (χ1) is 14.1. The molecule has 154 valence electrons. The molecule has 0 bridgehead atoms. The quantitative estimate of drug-likeness (QED) is 0.619. The van der Waals surface area contributed by atoms with Crippen molar-refractivity contribution < 1.29 is 13.9 Å². The molecule has 0 spiro atoms. The number of aromatic nitrogens is 4. The number of rotatable bonds is 6. The van der Waals surface area contributed by atoms with Crippen molar-refractivity contribution in [1.82, 2.24) is 19.7 Å². The number of anilines is 2. The number of ether oxygens (including phenoxy) is 2. The molecule has 29 heavy (non-hydrogen) atoms. The second-order valence-corrected chi connectivity index (χ2v) is 6.82. The van der Waals surface area contributed by atoms with Crippen molar-refractivity contribution in [3.8, 4) is 5.75 Å². The molecule has 0 saturated carbocycles. The van der Waals surface area contributed by atoms with Gasteiger partial charge in [-0.1, -0.05) is 0 Å². The van der Waals surface area contributed by atoms with E-state index in [1.165, 1.54) is 12.3 Å². The van der Waals surface area contributed by atoms with Crippen molar-refractivity contribution >= 4 is 22.7 Å². The van der Waals surface area contributed by atoms with Gasteiger partial charge in [0.05, 0.1) is 18.5 Å². The van der Waals surface area contributed by atoms with Gasteiger partial charge >= 0.3 is 0 Å². The highest BCUT2D eigenvalue weighted by atomic mass is 19.1. The van der Waals surface area contributed by atoms with Crippen LogP contribution in [0.25, 0.3) is 11.0 Å². The highest BCUT2D eigenvalue weighted by Crippen LogP contribution is 2.26. The highest BCUT2D eigenvalue weighted by Gasteiger charge is 2.22. The van der Waals surface area contributed by atoms with E-state index in [-0.39, 0.29) is 11.4 Å². The number of benzene rings is 1. The van der Waals surface area contributed by atoms with Gasteiger partial charge in [-0.15, -0.1) is 0 Å². The van der Waals surface area contributed by atoms with Crippen LogP contribution in [0.1, 0.15) is 0 Å². The maximum atomic E-state index is 14.6. The first-order valence-electron chi connectivity index (χ1n) is 9.40. The Bertz CT molecular complexity index is 1060. The molecule has 1 aliphatic heterocycles. The lowest BCUT2D eigenvalue weighted by Crippen LogP contribution is -2.47. The van der Waals surface area contributed by atoms with Gasteiger partial charge in [0.1, 0.15) is 23.6 Å². The minimum atomic E-state index is -0.323. The zero-order valence-corrected chi connectivity index (χ0v) is 16.4. The Morgan fingerprint density at radius 2 is 1.93 bits per heavy atom. The van der Waals surface area contributed by atoms with E-state index in [4.69, 9.17) is 9.47 Å². The van der Waals surface area contributed by atoms with E-state index in [0.29, 0.717) is 67.8 Å². The van der Waals surface area contributed by atoms with Gasteiger partial charge in [-0.2, -0.15) is 10.1 Å². The average molecular weight is 402 g/mol. The summed E-state index contributed by atoms with van der Waals surface area (Å²) in [4.78, 5) is 23.6. The third-order valence-electron chi connectivity index (χ3n) is 4.98. The number of aromatic amines is 1. The SMILES string of the molecule is COCCOc1ccc(N2CCN(c3nc4c(cnn4C)c(=O)[nH]3)CC2)c(F)c1. The van der Waals surface area contributed by atoms with E-state index in [1.807, 2.05) is 9.80 Å². The van der Waals surface area contributed by atoms with Crippen molar-refractivity contribution in [3.63, 3.8) is 0 Å². The van der Waals surface area contributed by atoms with Crippen LogP contribution in [0.2, 0.25) is 0 Å². The van der Waals surface area contributed by atoms with Crippen LogP contribution >= 0.6 is 0 Å². The number of hydrogen-bond donors (Lipinski definition) is 1. The fraction of sp³-hybridized carbons (Fsp3) is 0.421. The molecule has 0 aliphatic carbocycles. The van der Waals surface area contributed by atoms with Gasteiger partial charge in [-0.05, 0) is 12.1 Å². The van der Waals surface area contributed by atoms with E-state index in [2.05, 4.69) is 15.1 Å². The summed E-state index contributed by atoms with van der Waals surface area (Å²) in [6.45, 7) is 3.25. The lowest BCUT2D eigenvalue weighted by atomic mass is 10.2. The van der Waals surface area contributed by atoms with Crippen LogP contribution in [-0.2, 0) is 11.8 Å². The molecule has 0 amide bonds. The number of piperazine rings is 1. The molecule has 1 N–H and O–H groups in total. The van der Waals surface area contributed by atoms with Crippen LogP contribution in [0.3, 0.4) is 0 Å². The lowest BCUT2D eigenvalue weighted by Gasteiger charge is -2.36. The van der Waals surface area contributed by atoms with E-state index < -0.39 is 0 Å². The molecule has 1 fully saturated rings. The molecule has 1 aliphatic rings. The molecule has 3 aromatic rings. The average Bonchev–Trinajstić information content (AvgIpc) is 3.10. The van der Waals surface area contributed by atoms with Crippen molar-refractivity contribution in [3.05, 3.63) is 40.6 Å². The molecule has 0 radical (unpaired) electrons. The van der Waals surface area contributed by atoms with Crippen LogP contribution in [0.4, 0.5) is 16.0 Å². The Kier molecular flexibility index (Phi) is 5.34. The molecule has 10 heteroatoms. The number of aryl methyl sites for hydroxylation is 1. The van der Waals surface area contributed by atoms with E-state index in [0.717, 1.165) is 0 Å². The minimum Gasteiger partial charge on any atom is -0.491 e. The normalized spacial score (nSPS) is 14.6. The first-order valence-corrected chi connectivity index (χ1v) is 9.40. The largest absolute Gasteiger partial charge is 0.491 e. The van der Waals surface area contributed by atoms with Gasteiger partial charge in [-0.3, -0.25) is 14.5 Å². The highest BCUT2D eigenvalue weighted by molar-refractivity contribution is 5.74. The van der Waals surface area contributed by atoms with Crippen LogP contribution in [0, 0.1) is 5.82 Å². The zero-order valence-electron chi connectivity index (χ0n) is 16.4. The van der Waals surface area contributed by atoms with Crippen molar-refractivity contribution in [1.29, 1.82) is 0 Å². The van der Waals surface area contributed by atoms with Crippen molar-refractivity contribution in [2.24, 2.45) is 7.05 Å². The van der Waals surface area contributed by atoms with Gasteiger partial charge in [0.2, 0.25) is 5.95 Å². The summed E-state index contributed by atoms with van der Waals surface area (Å²) in [7, 11) is 3.34. The van der Waals surface area contributed by atoms with Crippen LogP contribution in [0.5, 0.6) is 5.75 Å². The van der Waals surface area contributed by atoms with Gasteiger partial charge < -0.3 is 19.3 Å². The topological polar surface area (TPSA) is 88.5 Å². The zero-order chi connectivity index (χ0) is 20.4. The molecule has 0 unspecified atom stereocenters. The van der Waals surface area contributed by atoms with Gasteiger partial charge in [0.25, 0.3) is 5.56 Å². The summed E-state index contributed by atoms with van der Waals surface area (Å²) in [6, 6.07) is 4.89. The summed E-state index contributed by atoms with van der Waals surface area (Å²) in [5.74, 6) is 0.664. The Morgan fingerprint density at radius 1 is 1.17 bits per heavy atom. The second kappa shape index (κ2) is 8.08. The van der Waals surface area contributed by atoms with Crippen LogP contribution in [0.15, 0.2) is 29.2 Å². The fourth-order valence-electron chi connectivity index (χ4n) is 3.41. The number of methoxy groups -OCH3 is 1. The molecular formula is C19H23FN6O3. The number of fused-ring (bicyclic) bond motifs is 1. The van der Waals surface area contributed by atoms with Gasteiger partial charge in [0.15, 0.2) is 5.65 Å². The predicted octanol–water partition coefficient (Wildman–Crippen LogP) is 1.15. The maximum absolute atomic E-state index is 14.6. The Balaban J connectivity index is 1.44. The monoisotopic (exact) mass is 402 g/mol. The Hall–Kier alpha value is -3.14. The number of hydrogen-bond acceptors (Lipinski definition) is 7. The maximum Gasteiger partial charge on any atom is 0.263 e. The van der Waals surface area contributed by atoms with Crippen molar-refractivity contribution in [2.75, 3.05) is 56.3 Å². The molecule has 4 rings (SSSR count). The molecule has 1 aromatic carbocycles. The molecule has 1 saturated heterocycles. The number of nitrogens with zero attached hydrogens (tertiary/aromatic N) is 5. The number of nitrogens with one attached hydrogen (secondary N) is 1. The van der Waals surface area contributed by atoms with Crippen LogP contribution in [-0.4, -0.2) is 66.3 Å². The second-order valence-electron chi connectivity index (χ2n) is 6.82. The number of halogens is 1. The van der Waals surface area contributed by atoms with Crippen LogP contribution < -0.4 is 20.1 Å². The predicted molar refractivity (Wildman–Crippen MR) is 107 cm³/mol. The Morgan fingerprint density at radius 3 is 2.66 bits per heavy atom. The summed E-state index contributed by atoms with van der Waals surface area (Å²) < 4.78 is 26.5. The molecule has 3 heterocycles. The van der Waals surface area contributed by atoms with E-state index >= 15 is 0 Å². The lowest BCUT2D eigenvalue weighted by molar-refractivity contribution is 0.146. The summed E-state index contributed by atoms with van der Waals surface area (Å²) in [6.07, 6.45) is 1.51. The molecule has 9 nitrogen and oxygen atoms in total. The van der Waals surface area contributed by atoms with Gasteiger partial charge in [0, 0.05) is 46.4 Å². The standard InChI is InChI=1S/C19H23FN6O3/c1-24-17-14(12-21-24)18(27)23-19(22-17)26-7-5-25(6-8-26)16-4-3-13(11-15(16)20)29-10-9-28-2/h3-4,11-12H,5-10H2,1-2H3,(H,22,23,27). The van der Waals surface area contributed by atoms with Gasteiger partial charge in [-0.25, -0.2) is 4.39 Å². The smallest absolute Gasteiger partial charge is 0.263 e.